The van der Waals surface area contributed by atoms with E-state index >= 15 is 0 Å². The van der Waals surface area contributed by atoms with E-state index in [-0.39, 0.29) is 5.82 Å². The predicted octanol–water partition coefficient (Wildman–Crippen LogP) is 2.94. The molecule has 0 aliphatic carbocycles. The van der Waals surface area contributed by atoms with Gasteiger partial charge in [0.15, 0.2) is 0 Å². The lowest BCUT2D eigenvalue weighted by atomic mass is 10.1. The number of hydrogen-bond acceptors (Lipinski definition) is 2. The van der Waals surface area contributed by atoms with E-state index in [0.29, 0.717) is 17.8 Å². The number of carbonyl (C=O) groups is 1. The zero-order valence-corrected chi connectivity index (χ0v) is 10.3. The molecule has 0 aliphatic heterocycles. The number of aliphatic carboxylic acids is 1. The molecule has 0 aromatic heterocycles. The van der Waals surface area contributed by atoms with Gasteiger partial charge in [-0.25, -0.2) is 9.18 Å². The Bertz CT molecular complexity index is 469. The maximum atomic E-state index is 13.8. The summed E-state index contributed by atoms with van der Waals surface area (Å²) in [6.45, 7) is 4.30. The first kappa shape index (κ1) is 14.0. The highest BCUT2D eigenvalue weighted by molar-refractivity contribution is 5.85. The molecule has 0 spiro atoms. The van der Waals surface area contributed by atoms with Crippen molar-refractivity contribution in [1.82, 2.24) is 0 Å². The topological polar surface area (TPSA) is 40.5 Å². The summed E-state index contributed by atoms with van der Waals surface area (Å²) < 4.78 is 13.8. The molecule has 0 fully saturated rings. The highest BCUT2D eigenvalue weighted by atomic mass is 19.1. The first-order chi connectivity index (χ1) is 8.54. The summed E-state index contributed by atoms with van der Waals surface area (Å²) in [7, 11) is 1.80. The number of benzene rings is 1. The van der Waals surface area contributed by atoms with Crippen LogP contribution in [-0.4, -0.2) is 24.7 Å². The van der Waals surface area contributed by atoms with Crippen molar-refractivity contribution in [2.24, 2.45) is 0 Å². The molecule has 0 amide bonds. The first-order valence-corrected chi connectivity index (χ1v) is 5.57. The number of carboxylic acids is 1. The average Bonchev–Trinajstić information content (AvgIpc) is 2.33. The van der Waals surface area contributed by atoms with Crippen LogP contribution in [0.2, 0.25) is 0 Å². The van der Waals surface area contributed by atoms with Crippen LogP contribution in [0.25, 0.3) is 6.08 Å². The van der Waals surface area contributed by atoms with Crippen LogP contribution in [-0.2, 0) is 4.79 Å². The van der Waals surface area contributed by atoms with Gasteiger partial charge in [0.05, 0.1) is 5.69 Å². The molecule has 4 heteroatoms. The van der Waals surface area contributed by atoms with Crippen LogP contribution in [0, 0.1) is 5.82 Å². The fourth-order valence-corrected chi connectivity index (χ4v) is 1.51. The van der Waals surface area contributed by atoms with E-state index in [1.54, 1.807) is 30.2 Å². The minimum Gasteiger partial charge on any atom is -0.478 e. The van der Waals surface area contributed by atoms with Crippen LogP contribution in [0.3, 0.4) is 0 Å². The fraction of sp³-hybridized carbons (Fsp3) is 0.214. The number of anilines is 1. The van der Waals surface area contributed by atoms with Gasteiger partial charge < -0.3 is 10.0 Å². The average molecular weight is 249 g/mol. The van der Waals surface area contributed by atoms with E-state index in [4.69, 9.17) is 5.11 Å². The van der Waals surface area contributed by atoms with E-state index < -0.39 is 5.97 Å². The van der Waals surface area contributed by atoms with Crippen molar-refractivity contribution in [3.8, 4) is 0 Å². The Morgan fingerprint density at radius 1 is 1.56 bits per heavy atom. The molecule has 0 saturated heterocycles. The van der Waals surface area contributed by atoms with Crippen molar-refractivity contribution in [2.45, 2.75) is 6.42 Å². The first-order valence-electron chi connectivity index (χ1n) is 5.57. The van der Waals surface area contributed by atoms with Gasteiger partial charge in [0.2, 0.25) is 0 Å². The number of rotatable bonds is 6. The number of nitrogens with zero attached hydrogens (tertiary/aromatic N) is 1. The highest BCUT2D eigenvalue weighted by Gasteiger charge is 2.06. The molecule has 0 bridgehead atoms. The lowest BCUT2D eigenvalue weighted by molar-refractivity contribution is -0.131. The molecule has 96 valence electrons. The van der Waals surface area contributed by atoms with Crippen molar-refractivity contribution >= 4 is 17.7 Å². The summed E-state index contributed by atoms with van der Waals surface area (Å²) in [5, 5.41) is 8.49. The number of hydrogen-bond donors (Lipinski definition) is 1. The Balaban J connectivity index is 2.85. The van der Waals surface area contributed by atoms with Gasteiger partial charge in [-0.05, 0) is 30.2 Å². The van der Waals surface area contributed by atoms with Crippen LogP contribution >= 0.6 is 0 Å². The second-order valence-corrected chi connectivity index (χ2v) is 3.88. The lowest BCUT2D eigenvalue weighted by Gasteiger charge is -2.19. The third kappa shape index (κ3) is 4.05. The van der Waals surface area contributed by atoms with Crippen LogP contribution in [0.15, 0.2) is 36.9 Å². The molecule has 0 radical (unpaired) electrons. The summed E-state index contributed by atoms with van der Waals surface area (Å²) in [6.07, 6.45) is 4.89. The molecule has 0 saturated carbocycles. The Kier molecular flexibility index (Phi) is 5.11. The van der Waals surface area contributed by atoms with Gasteiger partial charge in [-0.2, -0.15) is 0 Å². The monoisotopic (exact) mass is 249 g/mol. The van der Waals surface area contributed by atoms with Gasteiger partial charge in [-0.15, -0.1) is 6.58 Å². The molecule has 0 aliphatic rings. The molecule has 1 N–H and O–H groups in total. The second kappa shape index (κ2) is 6.59. The molecular weight excluding hydrogens is 233 g/mol. The molecular formula is C14H16FNO2. The molecule has 0 atom stereocenters. The molecule has 0 heterocycles. The Hall–Kier alpha value is -2.10. The summed E-state index contributed by atoms with van der Waals surface area (Å²) in [5.41, 5.74) is 1.01. The highest BCUT2D eigenvalue weighted by Crippen LogP contribution is 2.20. The van der Waals surface area contributed by atoms with E-state index in [1.165, 1.54) is 12.1 Å². The molecule has 1 rings (SSSR count). The summed E-state index contributed by atoms with van der Waals surface area (Å²) in [5.74, 6) is -1.42. The van der Waals surface area contributed by atoms with Gasteiger partial charge in [-0.1, -0.05) is 12.1 Å². The van der Waals surface area contributed by atoms with Crippen LogP contribution in [0.5, 0.6) is 0 Å². The van der Waals surface area contributed by atoms with Crippen molar-refractivity contribution in [1.29, 1.82) is 0 Å². The van der Waals surface area contributed by atoms with Gasteiger partial charge in [-0.3, -0.25) is 0 Å². The third-order valence-corrected chi connectivity index (χ3v) is 2.47. The molecule has 0 unspecified atom stereocenters. The number of carboxylic acid groups (broad SMARTS) is 1. The number of halogens is 1. The maximum Gasteiger partial charge on any atom is 0.328 e. The van der Waals surface area contributed by atoms with Crippen molar-refractivity contribution in [3.63, 3.8) is 0 Å². The smallest absolute Gasteiger partial charge is 0.328 e. The summed E-state index contributed by atoms with van der Waals surface area (Å²) in [6, 6.07) is 4.64. The second-order valence-electron chi connectivity index (χ2n) is 3.88. The third-order valence-electron chi connectivity index (χ3n) is 2.47. The van der Waals surface area contributed by atoms with Crippen LogP contribution < -0.4 is 4.90 Å². The SMILES string of the molecule is C=CCCN(C)c1ccc(/C=C/C(=O)O)cc1F. The standard InChI is InChI=1S/C14H16FNO2/c1-3-4-9-16(2)13-7-5-11(10-12(13)15)6-8-14(17)18/h3,5-8,10H,1,4,9H2,2H3,(H,17,18)/b8-6+. The maximum absolute atomic E-state index is 13.8. The summed E-state index contributed by atoms with van der Waals surface area (Å²) >= 11 is 0. The lowest BCUT2D eigenvalue weighted by Crippen LogP contribution is -2.19. The quantitative estimate of drug-likeness (QED) is 0.622. The van der Waals surface area contributed by atoms with Crippen molar-refractivity contribution in [2.75, 3.05) is 18.5 Å². The van der Waals surface area contributed by atoms with E-state index in [1.807, 2.05) is 0 Å². The molecule has 1 aromatic rings. The normalized spacial score (nSPS) is 10.6. The fourth-order valence-electron chi connectivity index (χ4n) is 1.51. The molecule has 18 heavy (non-hydrogen) atoms. The minimum atomic E-state index is -1.05. The van der Waals surface area contributed by atoms with Gasteiger partial charge in [0, 0.05) is 19.7 Å². The van der Waals surface area contributed by atoms with Crippen LogP contribution in [0.4, 0.5) is 10.1 Å². The van der Waals surface area contributed by atoms with E-state index in [2.05, 4.69) is 6.58 Å². The van der Waals surface area contributed by atoms with E-state index in [9.17, 15) is 9.18 Å². The molecule has 1 aromatic carbocycles. The molecule has 3 nitrogen and oxygen atoms in total. The Morgan fingerprint density at radius 2 is 2.28 bits per heavy atom. The predicted molar refractivity (Wildman–Crippen MR) is 71.2 cm³/mol. The van der Waals surface area contributed by atoms with Gasteiger partial charge >= 0.3 is 5.97 Å². The van der Waals surface area contributed by atoms with Crippen molar-refractivity contribution < 1.29 is 14.3 Å². The summed E-state index contributed by atoms with van der Waals surface area (Å²) in [4.78, 5) is 12.1. The Morgan fingerprint density at radius 3 is 2.83 bits per heavy atom. The zero-order valence-electron chi connectivity index (χ0n) is 10.3. The van der Waals surface area contributed by atoms with E-state index in [0.717, 1.165) is 12.5 Å². The van der Waals surface area contributed by atoms with Crippen LogP contribution in [0.1, 0.15) is 12.0 Å². The van der Waals surface area contributed by atoms with Gasteiger partial charge in [0.25, 0.3) is 0 Å². The van der Waals surface area contributed by atoms with Gasteiger partial charge in [0.1, 0.15) is 5.82 Å². The zero-order chi connectivity index (χ0) is 13.5. The Labute approximate surface area is 106 Å². The largest absolute Gasteiger partial charge is 0.478 e. The van der Waals surface area contributed by atoms with Crippen molar-refractivity contribution in [3.05, 3.63) is 48.3 Å². The minimum absolute atomic E-state index is 0.367.